The van der Waals surface area contributed by atoms with Crippen molar-refractivity contribution < 1.29 is 19.4 Å². The topological polar surface area (TPSA) is 105 Å². The third kappa shape index (κ3) is 4.53. The Labute approximate surface area is 175 Å². The largest absolute Gasteiger partial charge is 0.480 e. The van der Waals surface area contributed by atoms with Crippen LogP contribution in [0.15, 0.2) is 28.9 Å². The van der Waals surface area contributed by atoms with E-state index in [0.29, 0.717) is 34.8 Å². The first-order valence-electron chi connectivity index (χ1n) is 8.50. The van der Waals surface area contributed by atoms with E-state index in [9.17, 15) is 14.7 Å². The van der Waals surface area contributed by atoms with E-state index in [1.54, 1.807) is 0 Å². The van der Waals surface area contributed by atoms with Gasteiger partial charge in [0.2, 0.25) is 11.8 Å². The van der Waals surface area contributed by atoms with Gasteiger partial charge in [-0.1, -0.05) is 23.7 Å². The molecule has 0 saturated carbocycles. The zero-order chi connectivity index (χ0) is 20.3. The number of aromatic nitrogens is 2. The highest BCUT2D eigenvalue weighted by molar-refractivity contribution is 9.10. The van der Waals surface area contributed by atoms with Crippen LogP contribution in [0.4, 0.5) is 4.79 Å². The molecule has 1 aromatic carbocycles. The Morgan fingerprint density at radius 2 is 2.29 bits per heavy atom. The highest BCUT2D eigenvalue weighted by atomic mass is 79.9. The van der Waals surface area contributed by atoms with Crippen molar-refractivity contribution in [2.75, 3.05) is 13.7 Å². The van der Waals surface area contributed by atoms with Crippen LogP contribution in [-0.2, 0) is 11.3 Å². The molecule has 8 nitrogen and oxygen atoms in total. The van der Waals surface area contributed by atoms with Crippen LogP contribution in [0.2, 0.25) is 5.02 Å². The Kier molecular flexibility index (Phi) is 6.35. The van der Waals surface area contributed by atoms with Crippen LogP contribution in [0.1, 0.15) is 18.5 Å². The van der Waals surface area contributed by atoms with Crippen molar-refractivity contribution >= 4 is 39.5 Å². The molecule has 2 amide bonds. The summed E-state index contributed by atoms with van der Waals surface area (Å²) >= 11 is 9.69. The summed E-state index contributed by atoms with van der Waals surface area (Å²) in [6, 6.07) is 5.25. The molecule has 1 atom stereocenters. The van der Waals surface area contributed by atoms with Crippen molar-refractivity contribution in [1.29, 1.82) is 0 Å². The molecule has 0 spiro atoms. The van der Waals surface area contributed by atoms with Gasteiger partial charge in [0.05, 0.1) is 30.6 Å². The SMILES string of the molecule is COc1nc(-c2cccc(Br)c2Cl)cnc1CN(CC1CCC(=O)N1)C(=O)O. The normalized spacial score (nSPS) is 16.0. The molecule has 2 N–H and O–H groups in total. The fourth-order valence-corrected chi connectivity index (χ4v) is 3.56. The standard InChI is InChI=1S/C18H18BrClN4O4/c1-28-17-14(9-24(18(26)27)8-10-5-6-15(25)22-10)21-7-13(23-17)11-3-2-4-12(19)16(11)20/h2-4,7,10H,5-6,8-9H2,1H3,(H,22,25)(H,26,27). The Balaban J connectivity index is 1.83. The van der Waals surface area contributed by atoms with Crippen LogP contribution in [0.25, 0.3) is 11.3 Å². The number of hydrogen-bond acceptors (Lipinski definition) is 5. The van der Waals surface area contributed by atoms with Gasteiger partial charge in [-0.3, -0.25) is 9.78 Å². The fourth-order valence-electron chi connectivity index (χ4n) is 2.97. The van der Waals surface area contributed by atoms with E-state index >= 15 is 0 Å². The summed E-state index contributed by atoms with van der Waals surface area (Å²) in [5.41, 5.74) is 1.57. The molecule has 1 aliphatic heterocycles. The number of nitrogens with zero attached hydrogens (tertiary/aromatic N) is 3. The lowest BCUT2D eigenvalue weighted by Crippen LogP contribution is -2.41. The summed E-state index contributed by atoms with van der Waals surface area (Å²) in [5, 5.41) is 12.8. The van der Waals surface area contributed by atoms with Crippen molar-refractivity contribution in [2.45, 2.75) is 25.4 Å². The first-order valence-corrected chi connectivity index (χ1v) is 9.67. The van der Waals surface area contributed by atoms with Gasteiger partial charge < -0.3 is 20.1 Å². The van der Waals surface area contributed by atoms with E-state index in [2.05, 4.69) is 31.2 Å². The molecule has 10 heteroatoms. The maximum absolute atomic E-state index is 11.6. The number of hydrogen-bond donors (Lipinski definition) is 2. The maximum atomic E-state index is 11.6. The zero-order valence-corrected chi connectivity index (χ0v) is 17.3. The molecule has 0 bridgehead atoms. The predicted molar refractivity (Wildman–Crippen MR) is 106 cm³/mol. The van der Waals surface area contributed by atoms with Crippen LogP contribution in [0.3, 0.4) is 0 Å². The summed E-state index contributed by atoms with van der Waals surface area (Å²) < 4.78 is 6.06. The Bertz CT molecular complexity index is 911. The average Bonchev–Trinajstić information content (AvgIpc) is 3.08. The summed E-state index contributed by atoms with van der Waals surface area (Å²) in [4.78, 5) is 33.0. The van der Waals surface area contributed by atoms with Gasteiger partial charge in [0.1, 0.15) is 5.69 Å². The van der Waals surface area contributed by atoms with Crippen molar-refractivity contribution in [2.24, 2.45) is 0 Å². The molecule has 0 radical (unpaired) electrons. The summed E-state index contributed by atoms with van der Waals surface area (Å²) in [6.45, 7) is 0.162. The quantitative estimate of drug-likeness (QED) is 0.672. The number of carbonyl (C=O) groups is 2. The number of rotatable bonds is 6. The van der Waals surface area contributed by atoms with E-state index in [-0.39, 0.29) is 30.9 Å². The summed E-state index contributed by atoms with van der Waals surface area (Å²) in [6.07, 6.45) is 1.43. The monoisotopic (exact) mass is 468 g/mol. The van der Waals surface area contributed by atoms with Gasteiger partial charge in [-0.25, -0.2) is 9.78 Å². The summed E-state index contributed by atoms with van der Waals surface area (Å²) in [7, 11) is 1.45. The molecule has 1 unspecified atom stereocenters. The molecule has 0 aliphatic carbocycles. The highest BCUT2D eigenvalue weighted by Gasteiger charge is 2.26. The fraction of sp³-hybridized carbons (Fsp3) is 0.333. The predicted octanol–water partition coefficient (Wildman–Crippen LogP) is 3.33. The molecule has 1 aromatic heterocycles. The van der Waals surface area contributed by atoms with Gasteiger partial charge in [-0.15, -0.1) is 0 Å². The lowest BCUT2D eigenvalue weighted by Gasteiger charge is -2.23. The Hall–Kier alpha value is -2.39. The molecule has 1 aliphatic rings. The Morgan fingerprint density at radius 3 is 2.93 bits per heavy atom. The molecule has 2 aromatic rings. The van der Waals surface area contributed by atoms with Gasteiger partial charge in [-0.2, -0.15) is 0 Å². The molecule has 2 heterocycles. The third-order valence-corrected chi connectivity index (χ3v) is 5.67. The van der Waals surface area contributed by atoms with Crippen LogP contribution in [0, 0.1) is 0 Å². The van der Waals surface area contributed by atoms with Gasteiger partial charge in [0.25, 0.3) is 0 Å². The van der Waals surface area contributed by atoms with Crippen LogP contribution < -0.4 is 10.1 Å². The van der Waals surface area contributed by atoms with Gasteiger partial charge in [0, 0.05) is 29.0 Å². The van der Waals surface area contributed by atoms with Crippen molar-refractivity contribution in [3.8, 4) is 17.1 Å². The van der Waals surface area contributed by atoms with Gasteiger partial charge in [-0.05, 0) is 28.4 Å². The number of halogens is 2. The number of nitrogens with one attached hydrogen (secondary N) is 1. The number of methoxy groups -OCH3 is 1. The van der Waals surface area contributed by atoms with E-state index in [1.165, 1.54) is 18.2 Å². The number of carbonyl (C=O) groups excluding carboxylic acids is 1. The zero-order valence-electron chi connectivity index (χ0n) is 15.0. The van der Waals surface area contributed by atoms with Gasteiger partial charge >= 0.3 is 6.09 Å². The van der Waals surface area contributed by atoms with E-state index in [1.807, 2.05) is 18.2 Å². The number of amides is 2. The summed E-state index contributed by atoms with van der Waals surface area (Å²) in [5.74, 6) is 0.151. The highest BCUT2D eigenvalue weighted by Crippen LogP contribution is 2.33. The van der Waals surface area contributed by atoms with E-state index in [0.717, 1.165) is 4.47 Å². The average molecular weight is 470 g/mol. The van der Waals surface area contributed by atoms with Gasteiger partial charge in [0.15, 0.2) is 0 Å². The molecule has 148 valence electrons. The molecule has 3 rings (SSSR count). The van der Waals surface area contributed by atoms with Crippen molar-refractivity contribution in [3.63, 3.8) is 0 Å². The van der Waals surface area contributed by atoms with Crippen LogP contribution in [-0.4, -0.2) is 51.7 Å². The lowest BCUT2D eigenvalue weighted by atomic mass is 10.1. The molecule has 1 fully saturated rings. The van der Waals surface area contributed by atoms with Crippen molar-refractivity contribution in [1.82, 2.24) is 20.2 Å². The van der Waals surface area contributed by atoms with Crippen LogP contribution in [0.5, 0.6) is 5.88 Å². The Morgan fingerprint density at radius 1 is 1.50 bits per heavy atom. The number of ether oxygens (including phenoxy) is 1. The van der Waals surface area contributed by atoms with Crippen LogP contribution >= 0.6 is 27.5 Å². The van der Waals surface area contributed by atoms with Crippen molar-refractivity contribution in [3.05, 3.63) is 39.6 Å². The maximum Gasteiger partial charge on any atom is 0.407 e. The van der Waals surface area contributed by atoms with E-state index < -0.39 is 6.09 Å². The number of carboxylic acid groups (broad SMARTS) is 1. The minimum atomic E-state index is -1.11. The number of benzene rings is 1. The molecular weight excluding hydrogens is 452 g/mol. The first-order chi connectivity index (χ1) is 13.4. The molecular formula is C18H18BrClN4O4. The second kappa shape index (κ2) is 8.74. The second-order valence-electron chi connectivity index (χ2n) is 6.28. The molecule has 1 saturated heterocycles. The van der Waals surface area contributed by atoms with E-state index in [4.69, 9.17) is 16.3 Å². The minimum absolute atomic E-state index is 0.00955. The lowest BCUT2D eigenvalue weighted by molar-refractivity contribution is -0.119. The first kappa shape index (κ1) is 20.3. The smallest absolute Gasteiger partial charge is 0.407 e. The molecule has 28 heavy (non-hydrogen) atoms. The third-order valence-electron chi connectivity index (χ3n) is 4.37. The minimum Gasteiger partial charge on any atom is -0.480 e. The second-order valence-corrected chi connectivity index (χ2v) is 7.51.